The summed E-state index contributed by atoms with van der Waals surface area (Å²) in [4.78, 5) is 32.1. The summed E-state index contributed by atoms with van der Waals surface area (Å²) in [6, 6.07) is 16.7. The highest BCUT2D eigenvalue weighted by atomic mass is 35.5. The van der Waals surface area contributed by atoms with Gasteiger partial charge in [-0.05, 0) is 67.6 Å². The second-order valence-corrected chi connectivity index (χ2v) is 11.2. The van der Waals surface area contributed by atoms with Crippen molar-refractivity contribution in [2.24, 2.45) is 4.99 Å². The van der Waals surface area contributed by atoms with E-state index in [0.29, 0.717) is 43.1 Å². The average Bonchev–Trinajstić information content (AvgIpc) is 3.49. The van der Waals surface area contributed by atoms with E-state index >= 15 is 0 Å². The van der Waals surface area contributed by atoms with E-state index in [-0.39, 0.29) is 12.2 Å². The number of aromatic nitrogens is 1. The van der Waals surface area contributed by atoms with Gasteiger partial charge in [-0.25, -0.2) is 9.79 Å². The molecule has 1 aliphatic heterocycles. The number of benzene rings is 2. The van der Waals surface area contributed by atoms with Crippen LogP contribution < -0.4 is 14.9 Å². The number of thiazole rings is 1. The SMILES string of the molecule is CCOC(=O)C1=C(C)N=c2s/c(=C\c3ccc(-c4cc(Cl)ccc4C)o3)c(=O)n2C1c1ccc(C(C)C)cc1. The number of esters is 1. The van der Waals surface area contributed by atoms with E-state index in [1.54, 1.807) is 24.5 Å². The molecule has 0 amide bonds. The van der Waals surface area contributed by atoms with Crippen LogP contribution in [0, 0.1) is 6.92 Å². The molecule has 8 heteroatoms. The van der Waals surface area contributed by atoms with Gasteiger partial charge < -0.3 is 9.15 Å². The van der Waals surface area contributed by atoms with Gasteiger partial charge in [0.15, 0.2) is 4.80 Å². The third-order valence-electron chi connectivity index (χ3n) is 6.80. The highest BCUT2D eigenvalue weighted by Gasteiger charge is 2.33. The second-order valence-electron chi connectivity index (χ2n) is 9.78. The quantitative estimate of drug-likeness (QED) is 0.265. The Morgan fingerprint density at radius 1 is 1.15 bits per heavy atom. The average molecular weight is 561 g/mol. The van der Waals surface area contributed by atoms with Crippen LogP contribution in [0.25, 0.3) is 17.4 Å². The molecule has 2 aromatic carbocycles. The molecule has 1 aliphatic rings. The van der Waals surface area contributed by atoms with Crippen molar-refractivity contribution in [2.45, 2.75) is 46.6 Å². The summed E-state index contributed by atoms with van der Waals surface area (Å²) in [6.45, 7) is 10.0. The first-order valence-electron chi connectivity index (χ1n) is 12.8. The fraction of sp³-hybridized carbons (Fsp3) is 0.258. The van der Waals surface area contributed by atoms with Gasteiger partial charge in [-0.15, -0.1) is 0 Å². The number of allylic oxidation sites excluding steroid dienone is 1. The number of hydrogen-bond acceptors (Lipinski definition) is 6. The molecule has 0 bridgehead atoms. The molecule has 0 fully saturated rings. The zero-order valence-electron chi connectivity index (χ0n) is 22.4. The summed E-state index contributed by atoms with van der Waals surface area (Å²) in [7, 11) is 0. The number of hydrogen-bond donors (Lipinski definition) is 0. The van der Waals surface area contributed by atoms with Gasteiger partial charge in [0.25, 0.3) is 5.56 Å². The van der Waals surface area contributed by atoms with Crippen LogP contribution in [-0.4, -0.2) is 17.1 Å². The van der Waals surface area contributed by atoms with Gasteiger partial charge in [0, 0.05) is 16.7 Å². The topological polar surface area (TPSA) is 73.8 Å². The number of nitrogens with zero attached hydrogens (tertiary/aromatic N) is 2. The molecule has 0 saturated heterocycles. The molecule has 0 radical (unpaired) electrons. The molecule has 0 N–H and O–H groups in total. The van der Waals surface area contributed by atoms with E-state index in [2.05, 4.69) is 18.8 Å². The highest BCUT2D eigenvalue weighted by molar-refractivity contribution is 7.07. The smallest absolute Gasteiger partial charge is 0.338 e. The Kier molecular flexibility index (Phi) is 7.47. The maximum absolute atomic E-state index is 13.8. The first-order chi connectivity index (χ1) is 18.7. The lowest BCUT2D eigenvalue weighted by Gasteiger charge is -2.25. The summed E-state index contributed by atoms with van der Waals surface area (Å²) in [6.07, 6.45) is 1.72. The lowest BCUT2D eigenvalue weighted by Crippen LogP contribution is -2.39. The maximum atomic E-state index is 13.8. The largest absolute Gasteiger partial charge is 0.463 e. The fourth-order valence-corrected chi connectivity index (χ4v) is 5.93. The summed E-state index contributed by atoms with van der Waals surface area (Å²) in [5.41, 5.74) is 4.58. The molecule has 5 rings (SSSR count). The molecule has 1 unspecified atom stereocenters. The Labute approximate surface area is 235 Å². The number of furan rings is 1. The number of fused-ring (bicyclic) bond motifs is 1. The molecule has 2 aromatic heterocycles. The van der Waals surface area contributed by atoms with Crippen LogP contribution in [0.2, 0.25) is 5.02 Å². The number of halogens is 1. The summed E-state index contributed by atoms with van der Waals surface area (Å²) >= 11 is 7.46. The van der Waals surface area contributed by atoms with Crippen LogP contribution in [0.15, 0.2) is 80.1 Å². The van der Waals surface area contributed by atoms with Gasteiger partial charge >= 0.3 is 5.97 Å². The van der Waals surface area contributed by atoms with Gasteiger partial charge in [-0.2, -0.15) is 0 Å². The number of rotatable bonds is 6. The number of ether oxygens (including phenoxy) is 1. The number of aryl methyl sites for hydroxylation is 1. The zero-order chi connectivity index (χ0) is 27.8. The van der Waals surface area contributed by atoms with Crippen LogP contribution in [0.1, 0.15) is 62.1 Å². The van der Waals surface area contributed by atoms with Crippen molar-refractivity contribution in [3.05, 3.63) is 113 Å². The van der Waals surface area contributed by atoms with Crippen molar-refractivity contribution in [2.75, 3.05) is 6.61 Å². The molecule has 39 heavy (non-hydrogen) atoms. The third-order valence-corrected chi connectivity index (χ3v) is 8.02. The molecule has 6 nitrogen and oxygen atoms in total. The second kappa shape index (κ2) is 10.8. The Balaban J connectivity index is 1.63. The fourth-order valence-electron chi connectivity index (χ4n) is 4.73. The highest BCUT2D eigenvalue weighted by Crippen LogP contribution is 2.32. The standard InChI is InChI=1S/C31H29ClN2O4S/c1-6-37-30(36)27-19(5)33-31-34(28(27)21-10-8-20(9-11-21)17(2)3)29(35)26(39-31)16-23-13-14-25(38-23)24-15-22(32)12-7-18(24)4/h7-17,28H,6H2,1-5H3/b26-16-. The van der Waals surface area contributed by atoms with Crippen molar-refractivity contribution in [1.29, 1.82) is 0 Å². The van der Waals surface area contributed by atoms with Gasteiger partial charge in [0.2, 0.25) is 0 Å². The molecule has 0 aliphatic carbocycles. The van der Waals surface area contributed by atoms with E-state index in [4.69, 9.17) is 20.8 Å². The first-order valence-corrected chi connectivity index (χ1v) is 14.0. The van der Waals surface area contributed by atoms with Crippen LogP contribution in [0.5, 0.6) is 0 Å². The van der Waals surface area contributed by atoms with Crippen LogP contribution in [-0.2, 0) is 9.53 Å². The zero-order valence-corrected chi connectivity index (χ0v) is 24.0. The molecule has 4 aromatic rings. The van der Waals surface area contributed by atoms with Gasteiger partial charge in [0.05, 0.1) is 28.5 Å². The van der Waals surface area contributed by atoms with E-state index in [1.807, 2.05) is 61.5 Å². The summed E-state index contributed by atoms with van der Waals surface area (Å²) in [5.74, 6) is 1.08. The molecule has 3 heterocycles. The lowest BCUT2D eigenvalue weighted by atomic mass is 9.93. The van der Waals surface area contributed by atoms with Crippen LogP contribution in [0.4, 0.5) is 0 Å². The van der Waals surface area contributed by atoms with Crippen LogP contribution >= 0.6 is 22.9 Å². The van der Waals surface area contributed by atoms with Crippen LogP contribution in [0.3, 0.4) is 0 Å². The first kappa shape index (κ1) is 26.9. The normalized spacial score (nSPS) is 15.5. The molecule has 0 saturated carbocycles. The van der Waals surface area contributed by atoms with Crippen molar-refractivity contribution < 1.29 is 13.9 Å². The Morgan fingerprint density at radius 3 is 2.59 bits per heavy atom. The monoisotopic (exact) mass is 560 g/mol. The van der Waals surface area contributed by atoms with Gasteiger partial charge in [-0.3, -0.25) is 9.36 Å². The molecular weight excluding hydrogens is 532 g/mol. The van der Waals surface area contributed by atoms with Crippen molar-refractivity contribution in [3.8, 4) is 11.3 Å². The van der Waals surface area contributed by atoms with E-state index < -0.39 is 12.0 Å². The minimum atomic E-state index is -0.648. The number of carbonyl (C=O) groups is 1. The minimum Gasteiger partial charge on any atom is -0.463 e. The Bertz CT molecular complexity index is 1770. The van der Waals surface area contributed by atoms with Gasteiger partial charge in [0.1, 0.15) is 11.5 Å². The maximum Gasteiger partial charge on any atom is 0.338 e. The predicted octanol–water partition coefficient (Wildman–Crippen LogP) is 6.14. The summed E-state index contributed by atoms with van der Waals surface area (Å²) in [5, 5.41) is 0.621. The minimum absolute atomic E-state index is 0.228. The molecule has 200 valence electrons. The Morgan fingerprint density at radius 2 is 1.90 bits per heavy atom. The third kappa shape index (κ3) is 5.16. The van der Waals surface area contributed by atoms with Gasteiger partial charge in [-0.1, -0.05) is 67.1 Å². The Hall–Kier alpha value is -3.68. The number of carbonyl (C=O) groups excluding carboxylic acids is 1. The summed E-state index contributed by atoms with van der Waals surface area (Å²) < 4.78 is 13.5. The van der Waals surface area contributed by atoms with Crippen molar-refractivity contribution >= 4 is 35.0 Å². The van der Waals surface area contributed by atoms with Crippen molar-refractivity contribution in [3.63, 3.8) is 0 Å². The lowest BCUT2D eigenvalue weighted by molar-refractivity contribution is -0.139. The predicted molar refractivity (Wildman–Crippen MR) is 155 cm³/mol. The molecule has 1 atom stereocenters. The molecular formula is C31H29ClN2O4S. The van der Waals surface area contributed by atoms with E-state index in [1.165, 1.54) is 16.9 Å². The molecule has 0 spiro atoms. The van der Waals surface area contributed by atoms with Crippen molar-refractivity contribution in [1.82, 2.24) is 4.57 Å². The van der Waals surface area contributed by atoms with E-state index in [9.17, 15) is 9.59 Å². The van der Waals surface area contributed by atoms with E-state index in [0.717, 1.165) is 16.7 Å².